The molecule has 0 saturated carbocycles. The summed E-state index contributed by atoms with van der Waals surface area (Å²) in [4.78, 5) is 0. The molecule has 0 aliphatic rings. The molecule has 2 aromatic rings. The van der Waals surface area contributed by atoms with E-state index < -0.39 is 0 Å². The van der Waals surface area contributed by atoms with Crippen molar-refractivity contribution in [3.8, 4) is 0 Å². The first-order valence-electron chi connectivity index (χ1n) is 6.46. The van der Waals surface area contributed by atoms with E-state index in [9.17, 15) is 0 Å². The number of nitrogens with two attached hydrogens (primary N) is 2. The van der Waals surface area contributed by atoms with E-state index in [0.717, 1.165) is 11.5 Å². The molecule has 0 heterocycles. The second-order valence-electron chi connectivity index (χ2n) is 4.57. The minimum Gasteiger partial charge on any atom is -0.323 e. The normalized spacial score (nSPS) is 14.0. The predicted molar refractivity (Wildman–Crippen MR) is 84.1 cm³/mol. The summed E-state index contributed by atoms with van der Waals surface area (Å²) in [7, 11) is 0. The maximum absolute atomic E-state index is 6.16. The molecule has 0 radical (unpaired) electrons. The van der Waals surface area contributed by atoms with Gasteiger partial charge in [0, 0.05) is 23.6 Å². The monoisotopic (exact) mass is 272 g/mol. The summed E-state index contributed by atoms with van der Waals surface area (Å²) in [5.74, 6) is 1.79. The lowest BCUT2D eigenvalue weighted by Crippen LogP contribution is -2.17. The van der Waals surface area contributed by atoms with E-state index in [1.165, 1.54) is 11.1 Å². The number of hydrogen-bond donors (Lipinski definition) is 2. The molecule has 0 saturated heterocycles. The van der Waals surface area contributed by atoms with Crippen LogP contribution in [0.3, 0.4) is 0 Å². The molecule has 2 aromatic carbocycles. The molecule has 2 rings (SSSR count). The molecule has 3 heteroatoms. The fourth-order valence-corrected chi connectivity index (χ4v) is 2.94. The Morgan fingerprint density at radius 1 is 0.684 bits per heavy atom. The predicted octanol–water partition coefficient (Wildman–Crippen LogP) is 3.12. The van der Waals surface area contributed by atoms with E-state index in [1.807, 2.05) is 48.2 Å². The number of benzene rings is 2. The van der Waals surface area contributed by atoms with Gasteiger partial charge < -0.3 is 11.5 Å². The summed E-state index contributed by atoms with van der Waals surface area (Å²) in [5.41, 5.74) is 14.7. The fraction of sp³-hybridized carbons (Fsp3) is 0.250. The van der Waals surface area contributed by atoms with Crippen LogP contribution in [0.5, 0.6) is 0 Å². The molecular weight excluding hydrogens is 252 g/mol. The Bertz CT molecular complexity index is 427. The maximum Gasteiger partial charge on any atom is 0.0386 e. The van der Waals surface area contributed by atoms with Crippen molar-refractivity contribution >= 4 is 11.8 Å². The van der Waals surface area contributed by atoms with Crippen LogP contribution in [-0.2, 0) is 0 Å². The fourth-order valence-electron chi connectivity index (χ4n) is 1.91. The molecule has 4 N–H and O–H groups in total. The van der Waals surface area contributed by atoms with Crippen molar-refractivity contribution in [2.24, 2.45) is 11.5 Å². The van der Waals surface area contributed by atoms with Crippen LogP contribution < -0.4 is 11.5 Å². The maximum atomic E-state index is 6.16. The van der Waals surface area contributed by atoms with Crippen molar-refractivity contribution in [1.29, 1.82) is 0 Å². The number of hydrogen-bond acceptors (Lipinski definition) is 3. The van der Waals surface area contributed by atoms with Crippen LogP contribution in [0.2, 0.25) is 0 Å². The molecule has 19 heavy (non-hydrogen) atoms. The largest absolute Gasteiger partial charge is 0.323 e. The average Bonchev–Trinajstić information content (AvgIpc) is 2.49. The Hall–Kier alpha value is -1.29. The van der Waals surface area contributed by atoms with Gasteiger partial charge in [0.15, 0.2) is 0 Å². The Kier molecular flexibility index (Phi) is 5.45. The minimum atomic E-state index is 0.0779. The van der Waals surface area contributed by atoms with Crippen LogP contribution in [0.1, 0.15) is 23.2 Å². The summed E-state index contributed by atoms with van der Waals surface area (Å²) < 4.78 is 0. The summed E-state index contributed by atoms with van der Waals surface area (Å²) in [6.07, 6.45) is 0. The first-order valence-corrected chi connectivity index (χ1v) is 7.61. The Balaban J connectivity index is 1.78. The quantitative estimate of drug-likeness (QED) is 0.849. The molecule has 0 amide bonds. The van der Waals surface area contributed by atoms with Gasteiger partial charge in [-0.05, 0) is 11.1 Å². The lowest BCUT2D eigenvalue weighted by molar-refractivity contribution is 0.811. The lowest BCUT2D eigenvalue weighted by Gasteiger charge is -2.15. The Labute approximate surface area is 119 Å². The van der Waals surface area contributed by atoms with E-state index in [2.05, 4.69) is 24.3 Å². The molecule has 0 aliphatic heterocycles. The molecule has 0 aliphatic carbocycles. The van der Waals surface area contributed by atoms with Crippen LogP contribution in [-0.4, -0.2) is 11.5 Å². The molecule has 0 aromatic heterocycles. The van der Waals surface area contributed by atoms with Gasteiger partial charge in [-0.2, -0.15) is 11.8 Å². The van der Waals surface area contributed by atoms with Crippen LogP contribution in [0.15, 0.2) is 60.7 Å². The SMILES string of the molecule is NC(CSCC(N)c1ccccc1)c1ccccc1. The van der Waals surface area contributed by atoms with Crippen LogP contribution in [0.25, 0.3) is 0 Å². The number of thioether (sulfide) groups is 1. The van der Waals surface area contributed by atoms with Gasteiger partial charge in [0.1, 0.15) is 0 Å². The average molecular weight is 272 g/mol. The zero-order valence-corrected chi connectivity index (χ0v) is 11.7. The van der Waals surface area contributed by atoms with Crippen molar-refractivity contribution in [2.75, 3.05) is 11.5 Å². The molecular formula is C16H20N2S. The molecule has 2 atom stereocenters. The van der Waals surface area contributed by atoms with Crippen LogP contribution in [0, 0.1) is 0 Å². The smallest absolute Gasteiger partial charge is 0.0386 e. The van der Waals surface area contributed by atoms with Gasteiger partial charge in [-0.15, -0.1) is 0 Å². The third kappa shape index (κ3) is 4.39. The molecule has 0 spiro atoms. The highest BCUT2D eigenvalue weighted by Gasteiger charge is 2.08. The molecule has 0 bridgehead atoms. The second kappa shape index (κ2) is 7.34. The zero-order valence-electron chi connectivity index (χ0n) is 10.9. The van der Waals surface area contributed by atoms with Gasteiger partial charge >= 0.3 is 0 Å². The molecule has 100 valence electrons. The highest BCUT2D eigenvalue weighted by molar-refractivity contribution is 7.99. The first-order chi connectivity index (χ1) is 9.27. The van der Waals surface area contributed by atoms with E-state index in [1.54, 1.807) is 0 Å². The van der Waals surface area contributed by atoms with E-state index in [4.69, 9.17) is 11.5 Å². The van der Waals surface area contributed by atoms with Crippen LogP contribution >= 0.6 is 11.8 Å². The van der Waals surface area contributed by atoms with Crippen molar-refractivity contribution in [1.82, 2.24) is 0 Å². The van der Waals surface area contributed by atoms with Gasteiger partial charge in [-0.3, -0.25) is 0 Å². The molecule has 0 fully saturated rings. The van der Waals surface area contributed by atoms with Gasteiger partial charge in [-0.25, -0.2) is 0 Å². The van der Waals surface area contributed by atoms with Gasteiger partial charge in [0.25, 0.3) is 0 Å². The molecule has 2 nitrogen and oxygen atoms in total. The highest BCUT2D eigenvalue weighted by Crippen LogP contribution is 2.20. The summed E-state index contributed by atoms with van der Waals surface area (Å²) >= 11 is 1.81. The Morgan fingerprint density at radius 2 is 1.05 bits per heavy atom. The lowest BCUT2D eigenvalue weighted by atomic mass is 10.1. The Morgan fingerprint density at radius 3 is 1.42 bits per heavy atom. The van der Waals surface area contributed by atoms with E-state index in [0.29, 0.717) is 0 Å². The third-order valence-corrected chi connectivity index (χ3v) is 4.24. The third-order valence-electron chi connectivity index (χ3n) is 3.05. The summed E-state index contributed by atoms with van der Waals surface area (Å²) in [6, 6.07) is 20.6. The molecule has 2 unspecified atom stereocenters. The standard InChI is InChI=1S/C16H20N2S/c17-15(13-7-3-1-4-8-13)11-19-12-16(18)14-9-5-2-6-10-14/h1-10,15-16H,11-12,17-18H2. The summed E-state index contributed by atoms with van der Waals surface area (Å²) in [6.45, 7) is 0. The zero-order chi connectivity index (χ0) is 13.5. The highest BCUT2D eigenvalue weighted by atomic mass is 32.2. The van der Waals surface area contributed by atoms with Crippen molar-refractivity contribution in [2.45, 2.75) is 12.1 Å². The second-order valence-corrected chi connectivity index (χ2v) is 5.65. The summed E-state index contributed by atoms with van der Waals surface area (Å²) in [5, 5.41) is 0. The van der Waals surface area contributed by atoms with Crippen molar-refractivity contribution in [3.63, 3.8) is 0 Å². The minimum absolute atomic E-state index is 0.0779. The van der Waals surface area contributed by atoms with Gasteiger partial charge in [0.2, 0.25) is 0 Å². The van der Waals surface area contributed by atoms with Crippen molar-refractivity contribution < 1.29 is 0 Å². The van der Waals surface area contributed by atoms with Crippen molar-refractivity contribution in [3.05, 3.63) is 71.8 Å². The van der Waals surface area contributed by atoms with Crippen LogP contribution in [0.4, 0.5) is 0 Å². The first kappa shape index (κ1) is 14.1. The van der Waals surface area contributed by atoms with E-state index in [-0.39, 0.29) is 12.1 Å². The van der Waals surface area contributed by atoms with Gasteiger partial charge in [-0.1, -0.05) is 60.7 Å². The topological polar surface area (TPSA) is 52.0 Å². The van der Waals surface area contributed by atoms with E-state index >= 15 is 0 Å². The van der Waals surface area contributed by atoms with Gasteiger partial charge in [0.05, 0.1) is 0 Å². The number of rotatable bonds is 6.